The summed E-state index contributed by atoms with van der Waals surface area (Å²) >= 11 is 0. The van der Waals surface area contributed by atoms with Crippen molar-refractivity contribution < 1.29 is 9.59 Å². The van der Waals surface area contributed by atoms with Crippen LogP contribution in [-0.2, 0) is 11.3 Å². The Morgan fingerprint density at radius 2 is 1.71 bits per heavy atom. The van der Waals surface area contributed by atoms with Crippen molar-refractivity contribution in [3.63, 3.8) is 0 Å². The Labute approximate surface area is 126 Å². The molecule has 1 aromatic carbocycles. The number of benzene rings is 1. The molecule has 1 saturated heterocycles. The van der Waals surface area contributed by atoms with Crippen molar-refractivity contribution in [1.29, 1.82) is 0 Å². The second-order valence-electron chi connectivity index (χ2n) is 6.26. The van der Waals surface area contributed by atoms with E-state index in [0.29, 0.717) is 18.4 Å². The van der Waals surface area contributed by atoms with Crippen LogP contribution >= 0.6 is 0 Å². The molecule has 4 heteroatoms. The van der Waals surface area contributed by atoms with E-state index in [0.717, 1.165) is 24.2 Å². The third-order valence-corrected chi connectivity index (χ3v) is 3.90. The van der Waals surface area contributed by atoms with Crippen molar-refractivity contribution in [1.82, 2.24) is 10.2 Å². The first-order valence-electron chi connectivity index (χ1n) is 7.58. The number of hydrogen-bond donors (Lipinski definition) is 1. The minimum Gasteiger partial charge on any atom is -0.352 e. The highest BCUT2D eigenvalue weighted by atomic mass is 16.2. The Balaban J connectivity index is 2.00. The van der Waals surface area contributed by atoms with E-state index < -0.39 is 0 Å². The van der Waals surface area contributed by atoms with Crippen LogP contribution in [-0.4, -0.2) is 29.8 Å². The van der Waals surface area contributed by atoms with Crippen LogP contribution in [0.2, 0.25) is 0 Å². The van der Waals surface area contributed by atoms with Crippen molar-refractivity contribution in [2.45, 2.75) is 33.7 Å². The number of hydrogen-bond acceptors (Lipinski definition) is 2. The smallest absolute Gasteiger partial charge is 0.253 e. The number of carbonyl (C=O) groups excluding carboxylic acids is 2. The van der Waals surface area contributed by atoms with E-state index in [-0.39, 0.29) is 11.8 Å². The van der Waals surface area contributed by atoms with E-state index >= 15 is 0 Å². The topological polar surface area (TPSA) is 49.4 Å². The van der Waals surface area contributed by atoms with Gasteiger partial charge in [-0.2, -0.15) is 0 Å². The molecule has 21 heavy (non-hydrogen) atoms. The summed E-state index contributed by atoms with van der Waals surface area (Å²) in [7, 11) is 0. The minimum absolute atomic E-state index is 0.0496. The predicted octanol–water partition coefficient (Wildman–Crippen LogP) is 2.44. The van der Waals surface area contributed by atoms with Crippen molar-refractivity contribution in [3.05, 3.63) is 35.4 Å². The molecular weight excluding hydrogens is 264 g/mol. The molecule has 0 radical (unpaired) electrons. The fourth-order valence-corrected chi connectivity index (χ4v) is 3.00. The monoisotopic (exact) mass is 288 g/mol. The van der Waals surface area contributed by atoms with E-state index in [1.165, 1.54) is 13.3 Å². The molecule has 1 N–H and O–H groups in total. The summed E-state index contributed by atoms with van der Waals surface area (Å²) in [5, 5.41) is 2.75. The maximum absolute atomic E-state index is 12.5. The summed E-state index contributed by atoms with van der Waals surface area (Å²) in [5.41, 5.74) is 1.73. The van der Waals surface area contributed by atoms with Gasteiger partial charge in [0.1, 0.15) is 0 Å². The van der Waals surface area contributed by atoms with Crippen molar-refractivity contribution in [2.75, 3.05) is 13.1 Å². The molecule has 0 saturated carbocycles. The molecule has 2 rings (SSSR count). The zero-order valence-corrected chi connectivity index (χ0v) is 13.1. The van der Waals surface area contributed by atoms with E-state index in [1.54, 1.807) is 0 Å². The lowest BCUT2D eigenvalue weighted by Crippen LogP contribution is -2.42. The maximum Gasteiger partial charge on any atom is 0.253 e. The van der Waals surface area contributed by atoms with Crippen LogP contribution < -0.4 is 5.32 Å². The number of nitrogens with zero attached hydrogens (tertiary/aromatic N) is 1. The lowest BCUT2D eigenvalue weighted by Gasteiger charge is -2.35. The zero-order valence-electron chi connectivity index (χ0n) is 13.1. The van der Waals surface area contributed by atoms with Gasteiger partial charge in [0.2, 0.25) is 5.91 Å². The lowest BCUT2D eigenvalue weighted by atomic mass is 9.91. The highest BCUT2D eigenvalue weighted by Crippen LogP contribution is 2.22. The first-order valence-corrected chi connectivity index (χ1v) is 7.58. The molecule has 1 aromatic rings. The van der Waals surface area contributed by atoms with Crippen molar-refractivity contribution in [2.24, 2.45) is 11.8 Å². The third kappa shape index (κ3) is 4.31. The van der Waals surface area contributed by atoms with Crippen molar-refractivity contribution >= 4 is 11.8 Å². The molecule has 2 unspecified atom stereocenters. The molecule has 0 aromatic heterocycles. The SMILES string of the molecule is CC(=O)NCc1ccc(C(=O)N2CC(C)CC(C)C2)cc1. The Bertz CT molecular complexity index is 500. The summed E-state index contributed by atoms with van der Waals surface area (Å²) in [6.45, 7) is 8.09. The fraction of sp³-hybridized carbons (Fsp3) is 0.529. The number of likely N-dealkylation sites (tertiary alicyclic amines) is 1. The largest absolute Gasteiger partial charge is 0.352 e. The maximum atomic E-state index is 12.5. The normalized spacial score (nSPS) is 22.0. The first kappa shape index (κ1) is 15.5. The second kappa shape index (κ2) is 6.74. The van der Waals surface area contributed by atoms with Gasteiger partial charge in [-0.1, -0.05) is 26.0 Å². The number of amides is 2. The predicted molar refractivity (Wildman–Crippen MR) is 82.8 cm³/mol. The van der Waals surface area contributed by atoms with E-state index in [1.807, 2.05) is 29.2 Å². The molecule has 1 aliphatic rings. The molecule has 114 valence electrons. The number of carbonyl (C=O) groups is 2. The van der Waals surface area contributed by atoms with Crippen molar-refractivity contribution in [3.8, 4) is 0 Å². The number of rotatable bonds is 3. The van der Waals surface area contributed by atoms with Gasteiger partial charge in [0.15, 0.2) is 0 Å². The van der Waals surface area contributed by atoms with E-state index in [9.17, 15) is 9.59 Å². The summed E-state index contributed by atoms with van der Waals surface area (Å²) in [4.78, 5) is 25.4. The van der Waals surface area contributed by atoms with Gasteiger partial charge in [-0.3, -0.25) is 9.59 Å². The van der Waals surface area contributed by atoms with Gasteiger partial charge in [-0.05, 0) is 36.0 Å². The van der Waals surface area contributed by atoms with Gasteiger partial charge >= 0.3 is 0 Å². The summed E-state index contributed by atoms with van der Waals surface area (Å²) in [6, 6.07) is 7.51. The zero-order chi connectivity index (χ0) is 15.4. The van der Waals surface area contributed by atoms with Gasteiger partial charge in [-0.25, -0.2) is 0 Å². The molecule has 0 bridgehead atoms. The molecular formula is C17H24N2O2. The Morgan fingerprint density at radius 3 is 2.24 bits per heavy atom. The molecule has 4 nitrogen and oxygen atoms in total. The van der Waals surface area contributed by atoms with Crippen LogP contribution in [0.15, 0.2) is 24.3 Å². The summed E-state index contributed by atoms with van der Waals surface area (Å²) < 4.78 is 0. The fourth-order valence-electron chi connectivity index (χ4n) is 3.00. The lowest BCUT2D eigenvalue weighted by molar-refractivity contribution is -0.119. The first-order chi connectivity index (χ1) is 9.95. The van der Waals surface area contributed by atoms with E-state index in [2.05, 4.69) is 19.2 Å². The number of nitrogens with one attached hydrogen (secondary N) is 1. The standard InChI is InChI=1S/C17H24N2O2/c1-12-8-13(2)11-19(10-12)17(21)16-6-4-15(5-7-16)9-18-14(3)20/h4-7,12-13H,8-11H2,1-3H3,(H,18,20). The Morgan fingerprint density at radius 1 is 1.14 bits per heavy atom. The molecule has 0 spiro atoms. The van der Waals surface area contributed by atoms with Gasteiger partial charge in [0.25, 0.3) is 5.91 Å². The third-order valence-electron chi connectivity index (χ3n) is 3.90. The number of piperidine rings is 1. The van der Waals surface area contributed by atoms with Crippen LogP contribution in [0.3, 0.4) is 0 Å². The molecule has 1 fully saturated rings. The van der Waals surface area contributed by atoms with Gasteiger partial charge in [0, 0.05) is 32.1 Å². The molecule has 2 amide bonds. The summed E-state index contributed by atoms with van der Waals surface area (Å²) in [5.74, 6) is 1.19. The minimum atomic E-state index is -0.0496. The summed E-state index contributed by atoms with van der Waals surface area (Å²) in [6.07, 6.45) is 1.19. The van der Waals surface area contributed by atoms with Crippen LogP contribution in [0.4, 0.5) is 0 Å². The highest BCUT2D eigenvalue weighted by molar-refractivity contribution is 5.94. The highest BCUT2D eigenvalue weighted by Gasteiger charge is 2.25. The molecule has 1 heterocycles. The van der Waals surface area contributed by atoms with Crippen LogP contribution in [0, 0.1) is 11.8 Å². The second-order valence-corrected chi connectivity index (χ2v) is 6.26. The van der Waals surface area contributed by atoms with Crippen LogP contribution in [0.25, 0.3) is 0 Å². The van der Waals surface area contributed by atoms with Gasteiger partial charge < -0.3 is 10.2 Å². The quantitative estimate of drug-likeness (QED) is 0.928. The Hall–Kier alpha value is -1.84. The average molecular weight is 288 g/mol. The van der Waals surface area contributed by atoms with E-state index in [4.69, 9.17) is 0 Å². The molecule has 1 aliphatic heterocycles. The molecule has 2 atom stereocenters. The van der Waals surface area contributed by atoms with Gasteiger partial charge in [-0.15, -0.1) is 0 Å². The molecule has 0 aliphatic carbocycles. The van der Waals surface area contributed by atoms with Crippen LogP contribution in [0.1, 0.15) is 43.1 Å². The Kier molecular flexibility index (Phi) is 4.99. The van der Waals surface area contributed by atoms with Crippen LogP contribution in [0.5, 0.6) is 0 Å². The average Bonchev–Trinajstić information content (AvgIpc) is 2.44. The van der Waals surface area contributed by atoms with Gasteiger partial charge in [0.05, 0.1) is 0 Å².